The molecule has 0 aromatic heterocycles. The largest absolute Gasteiger partial charge is 0.472 e. The molecule has 0 fully saturated rings. The average Bonchev–Trinajstić information content (AvgIpc) is 3.42. The van der Waals surface area contributed by atoms with Gasteiger partial charge in [0.1, 0.15) is 25.4 Å². The standard InChI is InChI=1S/C61H104O16P2/c1-4-7-10-13-16-19-22-24-25-26-27-28-29-31-34-35-38-41-44-47-59(64)71-50-56(62)51-73-78(67,68)74-52-57(63)53-75-79(69,70)76-55-58(77-61(66)49-46-43-40-37-32-21-18-15-12-9-6-3)54-72-60(65)48-45-42-39-36-33-30-23-20-17-14-11-8-5-2/h7,10,15-16,18-20,23-25,27-28,31,34,38,41,56-58,62-63H,4-6,8-9,11-14,17,21-22,26,29-30,32-33,35-37,39-40,42-55H2,1-3H3,(H,67,68)(H,69,70)/b10-7-,18-15-,19-16-,23-20-,25-24-,28-27-,34-31-,41-38-. The van der Waals surface area contributed by atoms with Crippen molar-refractivity contribution in [1.29, 1.82) is 0 Å². The normalized spacial score (nSPS) is 15.2. The first-order valence-corrected chi connectivity index (χ1v) is 32.5. The van der Waals surface area contributed by atoms with Crippen molar-refractivity contribution in [2.24, 2.45) is 0 Å². The highest BCUT2D eigenvalue weighted by molar-refractivity contribution is 7.47. The Labute approximate surface area is 476 Å². The Hall–Kier alpha value is -3.53. The molecule has 0 saturated heterocycles. The predicted octanol–water partition coefficient (Wildman–Crippen LogP) is 15.2. The highest BCUT2D eigenvalue weighted by Gasteiger charge is 2.29. The maximum atomic E-state index is 12.8. The van der Waals surface area contributed by atoms with E-state index in [1.54, 1.807) is 0 Å². The van der Waals surface area contributed by atoms with E-state index in [2.05, 4.69) is 99.8 Å². The maximum absolute atomic E-state index is 12.8. The van der Waals surface area contributed by atoms with Crippen LogP contribution in [0, 0.1) is 0 Å². The van der Waals surface area contributed by atoms with Crippen LogP contribution < -0.4 is 0 Å². The number of allylic oxidation sites excluding steroid dienone is 16. The van der Waals surface area contributed by atoms with Crippen molar-refractivity contribution in [3.8, 4) is 0 Å². The van der Waals surface area contributed by atoms with E-state index >= 15 is 0 Å². The van der Waals surface area contributed by atoms with E-state index in [-0.39, 0.29) is 19.3 Å². The van der Waals surface area contributed by atoms with Crippen LogP contribution in [0.2, 0.25) is 0 Å². The molecule has 0 aliphatic heterocycles. The fraction of sp³-hybridized carbons (Fsp3) is 0.689. The SMILES string of the molecule is CC/C=C\C/C=C\C/C=C\C/C=C\C/C=C\C/C=C\CCC(=O)OCC(O)COP(=O)(O)OCC(O)COP(=O)(O)OCC(COC(=O)CCCCCCC/C=C\CCCCCC)OC(=O)CCCCCCC/C=C\CCCC. The van der Waals surface area contributed by atoms with E-state index in [4.69, 9.17) is 32.3 Å². The Morgan fingerprint density at radius 2 is 0.709 bits per heavy atom. The molecule has 0 aliphatic carbocycles. The monoisotopic (exact) mass is 1150 g/mol. The quantitative estimate of drug-likeness (QED) is 0.0146. The van der Waals surface area contributed by atoms with Crippen molar-refractivity contribution >= 4 is 33.6 Å². The summed E-state index contributed by atoms with van der Waals surface area (Å²) in [6, 6.07) is 0. The average molecular weight is 1160 g/mol. The molecule has 16 nitrogen and oxygen atoms in total. The lowest BCUT2D eigenvalue weighted by molar-refractivity contribution is -0.161. The summed E-state index contributed by atoms with van der Waals surface area (Å²) in [6.07, 6.45) is 56.5. The molecular formula is C61H104O16P2. The Bertz CT molecular complexity index is 1840. The molecule has 0 spiro atoms. The predicted molar refractivity (Wildman–Crippen MR) is 316 cm³/mol. The highest BCUT2D eigenvalue weighted by atomic mass is 31.2. The van der Waals surface area contributed by atoms with Gasteiger partial charge in [-0.3, -0.25) is 32.5 Å². The molecule has 0 amide bonds. The van der Waals surface area contributed by atoms with Gasteiger partial charge in [0.05, 0.1) is 26.4 Å². The van der Waals surface area contributed by atoms with Crippen LogP contribution >= 0.6 is 15.6 Å². The van der Waals surface area contributed by atoms with Crippen LogP contribution in [0.3, 0.4) is 0 Å². The number of rotatable bonds is 55. The fourth-order valence-corrected chi connectivity index (χ4v) is 8.80. The van der Waals surface area contributed by atoms with E-state index in [0.717, 1.165) is 109 Å². The van der Waals surface area contributed by atoms with Gasteiger partial charge in [-0.25, -0.2) is 9.13 Å². The number of phosphoric ester groups is 2. The molecule has 0 heterocycles. The Morgan fingerprint density at radius 1 is 0.367 bits per heavy atom. The maximum Gasteiger partial charge on any atom is 0.472 e. The van der Waals surface area contributed by atoms with Gasteiger partial charge in [0.15, 0.2) is 6.10 Å². The van der Waals surface area contributed by atoms with Gasteiger partial charge in [0, 0.05) is 19.3 Å². The number of hydrogen-bond acceptors (Lipinski definition) is 14. The molecule has 18 heteroatoms. The van der Waals surface area contributed by atoms with Gasteiger partial charge in [-0.15, -0.1) is 0 Å². The van der Waals surface area contributed by atoms with Crippen molar-refractivity contribution in [3.63, 3.8) is 0 Å². The van der Waals surface area contributed by atoms with E-state index in [1.165, 1.54) is 38.5 Å². The zero-order valence-electron chi connectivity index (χ0n) is 48.5. The minimum atomic E-state index is -4.92. The molecule has 0 bridgehead atoms. The van der Waals surface area contributed by atoms with Crippen LogP contribution in [0.5, 0.6) is 0 Å². The summed E-state index contributed by atoms with van der Waals surface area (Å²) < 4.78 is 60.4. The van der Waals surface area contributed by atoms with Crippen molar-refractivity contribution in [2.45, 2.75) is 232 Å². The van der Waals surface area contributed by atoms with E-state index in [0.29, 0.717) is 25.7 Å². The number of hydrogen-bond donors (Lipinski definition) is 4. The van der Waals surface area contributed by atoms with Crippen LogP contribution in [0.1, 0.15) is 213 Å². The summed E-state index contributed by atoms with van der Waals surface area (Å²) in [6.45, 7) is 2.34. The highest BCUT2D eigenvalue weighted by Crippen LogP contribution is 2.45. The number of aliphatic hydroxyl groups is 2. The molecule has 0 aliphatic rings. The lowest BCUT2D eigenvalue weighted by Gasteiger charge is -2.21. The molecule has 79 heavy (non-hydrogen) atoms. The number of carbonyl (C=O) groups excluding carboxylic acids is 3. The second-order valence-corrected chi connectivity index (χ2v) is 22.3. The van der Waals surface area contributed by atoms with Crippen LogP contribution in [-0.4, -0.2) is 95.9 Å². The van der Waals surface area contributed by atoms with Gasteiger partial charge in [0.2, 0.25) is 0 Å². The Balaban J connectivity index is 4.69. The van der Waals surface area contributed by atoms with E-state index in [1.807, 2.05) is 18.2 Å². The van der Waals surface area contributed by atoms with Gasteiger partial charge in [-0.1, -0.05) is 189 Å². The molecule has 0 aromatic carbocycles. The molecule has 0 aromatic rings. The molecule has 0 saturated carbocycles. The van der Waals surface area contributed by atoms with Crippen molar-refractivity contribution in [1.82, 2.24) is 0 Å². The van der Waals surface area contributed by atoms with Crippen molar-refractivity contribution < 1.29 is 75.8 Å². The molecule has 5 unspecified atom stereocenters. The second kappa shape index (κ2) is 55.0. The fourth-order valence-electron chi connectivity index (χ4n) is 7.22. The molecule has 454 valence electrons. The minimum Gasteiger partial charge on any atom is -0.463 e. The molecular weight excluding hydrogens is 1050 g/mol. The van der Waals surface area contributed by atoms with E-state index in [9.17, 15) is 43.5 Å². The lowest BCUT2D eigenvalue weighted by Crippen LogP contribution is -2.30. The van der Waals surface area contributed by atoms with Crippen LogP contribution in [0.4, 0.5) is 0 Å². The van der Waals surface area contributed by atoms with Gasteiger partial charge in [0.25, 0.3) is 0 Å². The smallest absolute Gasteiger partial charge is 0.463 e. The first-order valence-electron chi connectivity index (χ1n) is 29.5. The van der Waals surface area contributed by atoms with Crippen LogP contribution in [0.15, 0.2) is 97.2 Å². The number of carbonyl (C=O) groups is 3. The third-order valence-electron chi connectivity index (χ3n) is 11.8. The Kier molecular flexibility index (Phi) is 52.6. The van der Waals surface area contributed by atoms with Crippen molar-refractivity contribution in [3.05, 3.63) is 97.2 Å². The third kappa shape index (κ3) is 56.1. The number of unbranched alkanes of at least 4 members (excludes halogenated alkanes) is 16. The summed E-state index contributed by atoms with van der Waals surface area (Å²) in [5.41, 5.74) is 0. The number of aliphatic hydroxyl groups excluding tert-OH is 2. The summed E-state index contributed by atoms with van der Waals surface area (Å²) in [4.78, 5) is 57.9. The minimum absolute atomic E-state index is 0.0586. The summed E-state index contributed by atoms with van der Waals surface area (Å²) in [5.74, 6) is -1.68. The van der Waals surface area contributed by atoms with Gasteiger partial charge in [-0.2, -0.15) is 0 Å². The summed E-state index contributed by atoms with van der Waals surface area (Å²) in [5, 5.41) is 20.4. The topological polar surface area (TPSA) is 231 Å². The number of ether oxygens (including phenoxy) is 3. The second-order valence-electron chi connectivity index (χ2n) is 19.4. The van der Waals surface area contributed by atoms with Gasteiger partial charge >= 0.3 is 33.6 Å². The van der Waals surface area contributed by atoms with Gasteiger partial charge in [-0.05, 0) is 103 Å². The van der Waals surface area contributed by atoms with E-state index < -0.39 is 91.5 Å². The Morgan fingerprint density at radius 3 is 1.18 bits per heavy atom. The van der Waals surface area contributed by atoms with Gasteiger partial charge < -0.3 is 34.2 Å². The zero-order chi connectivity index (χ0) is 58.2. The van der Waals surface area contributed by atoms with Crippen LogP contribution in [-0.2, 0) is 55.8 Å². The number of esters is 3. The molecule has 5 atom stereocenters. The summed E-state index contributed by atoms with van der Waals surface area (Å²) >= 11 is 0. The number of phosphoric acid groups is 2. The van der Waals surface area contributed by atoms with Crippen molar-refractivity contribution in [2.75, 3.05) is 39.6 Å². The molecule has 0 rings (SSSR count). The first kappa shape index (κ1) is 75.5. The summed E-state index contributed by atoms with van der Waals surface area (Å²) in [7, 11) is -9.78. The molecule has 0 radical (unpaired) electrons. The lowest BCUT2D eigenvalue weighted by atomic mass is 10.1. The zero-order valence-corrected chi connectivity index (χ0v) is 50.3. The first-order chi connectivity index (χ1) is 38.2. The molecule has 4 N–H and O–H groups in total. The third-order valence-corrected chi connectivity index (χ3v) is 13.7. The van der Waals surface area contributed by atoms with Crippen LogP contribution in [0.25, 0.3) is 0 Å².